The lowest BCUT2D eigenvalue weighted by atomic mass is 10.1. The molecule has 0 fully saturated rings. The monoisotopic (exact) mass is 297 g/mol. The van der Waals surface area contributed by atoms with Gasteiger partial charge in [-0.05, 0) is 53.3 Å². The summed E-state index contributed by atoms with van der Waals surface area (Å²) in [6.07, 6.45) is 0. The summed E-state index contributed by atoms with van der Waals surface area (Å²) >= 11 is 1.72. The van der Waals surface area contributed by atoms with Crippen LogP contribution < -0.4 is 5.32 Å². The average Bonchev–Trinajstić information content (AvgIpc) is 2.94. The molecule has 21 heavy (non-hydrogen) atoms. The molecule has 0 aliphatic rings. The molecule has 3 heteroatoms. The number of thiophene rings is 1. The van der Waals surface area contributed by atoms with E-state index in [4.69, 9.17) is 0 Å². The molecule has 0 bridgehead atoms. The number of halogens is 1. The standard InChI is InChI=1S/C18H16FNS/c1-13-7-16(19)10-17(8-13)20-11-18-9-15(12-21-18)14-5-3-2-4-6-14/h2-10,12,20H,11H2,1H3. The lowest BCUT2D eigenvalue weighted by Gasteiger charge is -2.06. The molecule has 0 unspecified atom stereocenters. The molecule has 0 radical (unpaired) electrons. The first kappa shape index (κ1) is 13.8. The van der Waals surface area contributed by atoms with Gasteiger partial charge in [-0.15, -0.1) is 11.3 Å². The number of benzene rings is 2. The van der Waals surface area contributed by atoms with E-state index in [0.29, 0.717) is 6.54 Å². The van der Waals surface area contributed by atoms with E-state index in [0.717, 1.165) is 11.3 Å². The highest BCUT2D eigenvalue weighted by Crippen LogP contribution is 2.26. The number of hydrogen-bond acceptors (Lipinski definition) is 2. The molecule has 3 rings (SSSR count). The van der Waals surface area contributed by atoms with Crippen molar-refractivity contribution >= 4 is 17.0 Å². The van der Waals surface area contributed by atoms with Crippen LogP contribution in [0.25, 0.3) is 11.1 Å². The Morgan fingerprint density at radius 3 is 2.57 bits per heavy atom. The minimum Gasteiger partial charge on any atom is -0.380 e. The molecule has 0 saturated heterocycles. The first-order valence-electron chi connectivity index (χ1n) is 6.84. The Morgan fingerprint density at radius 1 is 1.00 bits per heavy atom. The van der Waals surface area contributed by atoms with Gasteiger partial charge in [0.1, 0.15) is 5.82 Å². The predicted molar refractivity (Wildman–Crippen MR) is 88.2 cm³/mol. The number of rotatable bonds is 4. The van der Waals surface area contributed by atoms with E-state index in [9.17, 15) is 4.39 Å². The molecule has 1 heterocycles. The summed E-state index contributed by atoms with van der Waals surface area (Å²) in [6.45, 7) is 2.60. The maximum absolute atomic E-state index is 13.3. The third-order valence-corrected chi connectivity index (χ3v) is 4.21. The van der Waals surface area contributed by atoms with Crippen LogP contribution >= 0.6 is 11.3 Å². The Hall–Kier alpha value is -2.13. The Labute approximate surface area is 128 Å². The molecule has 3 aromatic rings. The van der Waals surface area contributed by atoms with Crippen LogP contribution in [0.1, 0.15) is 10.4 Å². The van der Waals surface area contributed by atoms with E-state index in [-0.39, 0.29) is 5.82 Å². The second-order valence-electron chi connectivity index (χ2n) is 5.04. The fraction of sp³-hybridized carbons (Fsp3) is 0.111. The van der Waals surface area contributed by atoms with Gasteiger partial charge in [0.05, 0.1) is 0 Å². The van der Waals surface area contributed by atoms with E-state index in [2.05, 4.69) is 28.9 Å². The first-order valence-corrected chi connectivity index (χ1v) is 7.72. The van der Waals surface area contributed by atoms with Gasteiger partial charge >= 0.3 is 0 Å². The summed E-state index contributed by atoms with van der Waals surface area (Å²) in [4.78, 5) is 1.23. The molecule has 1 N–H and O–H groups in total. The minimum absolute atomic E-state index is 0.200. The van der Waals surface area contributed by atoms with Crippen LogP contribution in [0.2, 0.25) is 0 Å². The molecule has 1 nitrogen and oxygen atoms in total. The first-order chi connectivity index (χ1) is 10.2. The van der Waals surface area contributed by atoms with Crippen LogP contribution in [0.4, 0.5) is 10.1 Å². The van der Waals surface area contributed by atoms with Gasteiger partial charge in [-0.3, -0.25) is 0 Å². The maximum atomic E-state index is 13.3. The third-order valence-electron chi connectivity index (χ3n) is 3.27. The smallest absolute Gasteiger partial charge is 0.125 e. The lowest BCUT2D eigenvalue weighted by Crippen LogP contribution is -1.98. The van der Waals surface area contributed by atoms with Crippen LogP contribution in [0, 0.1) is 12.7 Å². The molecule has 0 amide bonds. The molecule has 1 aromatic heterocycles. The average molecular weight is 297 g/mol. The molecule has 2 aromatic carbocycles. The van der Waals surface area contributed by atoms with Crippen molar-refractivity contribution in [2.45, 2.75) is 13.5 Å². The quantitative estimate of drug-likeness (QED) is 0.673. The van der Waals surface area contributed by atoms with Gasteiger partial charge in [0.15, 0.2) is 0 Å². The summed E-state index contributed by atoms with van der Waals surface area (Å²) in [5.41, 5.74) is 4.20. The van der Waals surface area contributed by atoms with Crippen LogP contribution in [-0.2, 0) is 6.54 Å². The van der Waals surface area contributed by atoms with E-state index in [1.54, 1.807) is 11.3 Å². The third kappa shape index (κ3) is 3.50. The zero-order chi connectivity index (χ0) is 14.7. The van der Waals surface area contributed by atoms with Crippen LogP contribution in [-0.4, -0.2) is 0 Å². The van der Waals surface area contributed by atoms with Crippen LogP contribution in [0.5, 0.6) is 0 Å². The van der Waals surface area contributed by atoms with Gasteiger partial charge in [0, 0.05) is 17.1 Å². The lowest BCUT2D eigenvalue weighted by molar-refractivity contribution is 0.627. The second-order valence-corrected chi connectivity index (χ2v) is 6.03. The fourth-order valence-electron chi connectivity index (χ4n) is 2.28. The molecule has 0 aliphatic heterocycles. The van der Waals surface area contributed by atoms with Gasteiger partial charge < -0.3 is 5.32 Å². The molecular formula is C18H16FNS. The number of nitrogens with one attached hydrogen (secondary N) is 1. The van der Waals surface area contributed by atoms with E-state index in [1.165, 1.54) is 28.1 Å². The van der Waals surface area contributed by atoms with E-state index in [1.807, 2.05) is 31.2 Å². The largest absolute Gasteiger partial charge is 0.380 e. The summed E-state index contributed by atoms with van der Waals surface area (Å²) in [5, 5.41) is 5.43. The molecule has 0 saturated carbocycles. The number of anilines is 1. The highest BCUT2D eigenvalue weighted by Gasteiger charge is 2.03. The Morgan fingerprint density at radius 2 is 1.81 bits per heavy atom. The van der Waals surface area contributed by atoms with Crippen molar-refractivity contribution in [3.05, 3.63) is 76.2 Å². The topological polar surface area (TPSA) is 12.0 Å². The normalized spacial score (nSPS) is 10.6. The minimum atomic E-state index is -0.200. The zero-order valence-corrected chi connectivity index (χ0v) is 12.6. The van der Waals surface area contributed by atoms with Gasteiger partial charge in [-0.2, -0.15) is 0 Å². The molecule has 0 spiro atoms. The van der Waals surface area contributed by atoms with Crippen molar-refractivity contribution < 1.29 is 4.39 Å². The second kappa shape index (κ2) is 6.10. The van der Waals surface area contributed by atoms with Gasteiger partial charge in [0.2, 0.25) is 0 Å². The Bertz CT molecular complexity index is 714. The number of aryl methyl sites for hydroxylation is 1. The van der Waals surface area contributed by atoms with Crippen molar-refractivity contribution in [2.75, 3.05) is 5.32 Å². The summed E-state index contributed by atoms with van der Waals surface area (Å²) in [7, 11) is 0. The van der Waals surface area contributed by atoms with Gasteiger partial charge in [0.25, 0.3) is 0 Å². The van der Waals surface area contributed by atoms with Gasteiger partial charge in [-0.1, -0.05) is 30.3 Å². The highest BCUT2D eigenvalue weighted by molar-refractivity contribution is 7.10. The van der Waals surface area contributed by atoms with Crippen molar-refractivity contribution in [3.8, 4) is 11.1 Å². The molecule has 0 aliphatic carbocycles. The van der Waals surface area contributed by atoms with Crippen LogP contribution in [0.3, 0.4) is 0 Å². The highest BCUT2D eigenvalue weighted by atomic mass is 32.1. The zero-order valence-electron chi connectivity index (χ0n) is 11.8. The number of hydrogen-bond donors (Lipinski definition) is 1. The SMILES string of the molecule is Cc1cc(F)cc(NCc2cc(-c3ccccc3)cs2)c1. The summed E-state index contributed by atoms with van der Waals surface area (Å²) in [6, 6.07) is 17.5. The van der Waals surface area contributed by atoms with Crippen LogP contribution in [0.15, 0.2) is 60.0 Å². The van der Waals surface area contributed by atoms with Crippen molar-refractivity contribution in [3.63, 3.8) is 0 Å². The van der Waals surface area contributed by atoms with E-state index >= 15 is 0 Å². The Kier molecular flexibility index (Phi) is 4.02. The summed E-state index contributed by atoms with van der Waals surface area (Å²) < 4.78 is 13.3. The van der Waals surface area contributed by atoms with Crippen molar-refractivity contribution in [1.82, 2.24) is 0 Å². The van der Waals surface area contributed by atoms with E-state index < -0.39 is 0 Å². The maximum Gasteiger partial charge on any atom is 0.125 e. The predicted octanol–water partition coefficient (Wildman–Crippen LogP) is 5.47. The Balaban J connectivity index is 1.70. The van der Waals surface area contributed by atoms with Crippen molar-refractivity contribution in [2.24, 2.45) is 0 Å². The summed E-state index contributed by atoms with van der Waals surface area (Å²) in [5.74, 6) is -0.200. The molecular weight excluding hydrogens is 281 g/mol. The molecule has 0 atom stereocenters. The fourth-order valence-corrected chi connectivity index (χ4v) is 3.12. The van der Waals surface area contributed by atoms with Crippen molar-refractivity contribution in [1.29, 1.82) is 0 Å². The van der Waals surface area contributed by atoms with Gasteiger partial charge in [-0.25, -0.2) is 4.39 Å². The molecule has 106 valence electrons.